The molecule has 3 aromatic rings. The Bertz CT molecular complexity index is 1310. The third-order valence-corrected chi connectivity index (χ3v) is 6.38. The van der Waals surface area contributed by atoms with Crippen LogP contribution in [0.1, 0.15) is 21.3 Å². The molecular weight excluding hydrogens is 446 g/mol. The van der Waals surface area contributed by atoms with Crippen molar-refractivity contribution in [2.24, 2.45) is 5.73 Å². The molecule has 0 aliphatic carbocycles. The number of nitrogens with two attached hydrogens (primary N) is 1. The molecular formula is C22H19N5O5S. The first kappa shape index (κ1) is 22.1. The van der Waals surface area contributed by atoms with Gasteiger partial charge in [0, 0.05) is 11.0 Å². The van der Waals surface area contributed by atoms with Gasteiger partial charge in [0.25, 0.3) is 17.4 Å². The number of aromatic amines is 2. The molecule has 4 rings (SSSR count). The Morgan fingerprint density at radius 2 is 1.70 bits per heavy atom. The number of hydrogen-bond donors (Lipinski definition) is 4. The summed E-state index contributed by atoms with van der Waals surface area (Å²) in [6, 6.07) is 15.9. The minimum Gasteiger partial charge on any atom is -0.368 e. The number of fused-ring (bicyclic) bond motifs is 1. The number of hydrogen-bond acceptors (Lipinski definition) is 6. The largest absolute Gasteiger partial charge is 0.368 e. The molecule has 0 bridgehead atoms. The Balaban J connectivity index is 1.81. The molecule has 0 fully saturated rings. The Hall–Kier alpha value is -4.12. The number of carbonyl (C=O) groups excluding carboxylic acids is 3. The molecule has 2 heterocycles. The molecule has 33 heavy (non-hydrogen) atoms. The number of nitrogens with one attached hydrogen (secondary N) is 3. The minimum atomic E-state index is -1.14. The van der Waals surface area contributed by atoms with E-state index in [1.54, 1.807) is 18.2 Å². The number of primary amides is 1. The second-order valence-corrected chi connectivity index (χ2v) is 8.44. The van der Waals surface area contributed by atoms with Crippen LogP contribution in [-0.4, -0.2) is 40.3 Å². The van der Waals surface area contributed by atoms with E-state index < -0.39 is 40.3 Å². The van der Waals surface area contributed by atoms with E-state index in [2.05, 4.69) is 10.3 Å². The summed E-state index contributed by atoms with van der Waals surface area (Å²) in [6.07, 6.45) is 0. The summed E-state index contributed by atoms with van der Waals surface area (Å²) in [6.45, 7) is -0.383. The molecule has 1 aromatic heterocycles. The maximum Gasteiger partial charge on any atom is 0.326 e. The topological polar surface area (TPSA) is 158 Å². The fourth-order valence-corrected chi connectivity index (χ4v) is 4.91. The number of rotatable bonds is 5. The van der Waals surface area contributed by atoms with Crippen molar-refractivity contribution < 1.29 is 14.4 Å². The second-order valence-electron chi connectivity index (χ2n) is 7.26. The number of H-pyrrole nitrogens is 2. The third-order valence-electron chi connectivity index (χ3n) is 4.98. The van der Waals surface area contributed by atoms with Crippen LogP contribution in [-0.2, 0) is 9.59 Å². The van der Waals surface area contributed by atoms with Crippen LogP contribution in [0.15, 0.2) is 75.1 Å². The average Bonchev–Trinajstić information content (AvgIpc) is 2.89. The van der Waals surface area contributed by atoms with Crippen LogP contribution in [0.2, 0.25) is 0 Å². The highest BCUT2D eigenvalue weighted by Crippen LogP contribution is 2.45. The van der Waals surface area contributed by atoms with Gasteiger partial charge in [0.15, 0.2) is 0 Å². The van der Waals surface area contributed by atoms with Gasteiger partial charge in [0.1, 0.15) is 18.3 Å². The number of nitrogens with zero attached hydrogens (tertiary/aromatic N) is 1. The van der Waals surface area contributed by atoms with E-state index >= 15 is 0 Å². The third kappa shape index (κ3) is 4.72. The van der Waals surface area contributed by atoms with Gasteiger partial charge in [0.05, 0.1) is 10.9 Å². The van der Waals surface area contributed by atoms with Crippen molar-refractivity contribution in [2.75, 3.05) is 11.4 Å². The number of aromatic nitrogens is 2. The highest BCUT2D eigenvalue weighted by molar-refractivity contribution is 7.99. The number of anilines is 1. The lowest BCUT2D eigenvalue weighted by Crippen LogP contribution is -2.52. The molecule has 2 aromatic carbocycles. The summed E-state index contributed by atoms with van der Waals surface area (Å²) in [7, 11) is 0. The SMILES string of the molecule is NC(=O)CN1C(=O)[C@H](NC(=O)c2cc(=O)[nH]c(=O)[nH]2)[C@@H](c2ccccc2)Sc2ccccc21. The molecule has 0 radical (unpaired) electrons. The van der Waals surface area contributed by atoms with Crippen LogP contribution in [0.25, 0.3) is 0 Å². The first-order valence-corrected chi connectivity index (χ1v) is 10.8. The zero-order chi connectivity index (χ0) is 23.5. The monoisotopic (exact) mass is 465 g/mol. The van der Waals surface area contributed by atoms with E-state index in [0.29, 0.717) is 5.69 Å². The number of benzene rings is 2. The summed E-state index contributed by atoms with van der Waals surface area (Å²) < 4.78 is 0. The van der Waals surface area contributed by atoms with Crippen molar-refractivity contribution in [3.63, 3.8) is 0 Å². The fraction of sp³-hybridized carbons (Fsp3) is 0.136. The predicted octanol–water partition coefficient (Wildman–Crippen LogP) is 0.527. The summed E-state index contributed by atoms with van der Waals surface area (Å²) in [5.74, 6) is -2.09. The van der Waals surface area contributed by atoms with Crippen molar-refractivity contribution in [1.29, 1.82) is 0 Å². The normalized spacial score (nSPS) is 17.7. The van der Waals surface area contributed by atoms with Gasteiger partial charge in [-0.25, -0.2) is 4.79 Å². The van der Waals surface area contributed by atoms with Crippen LogP contribution in [0.3, 0.4) is 0 Å². The van der Waals surface area contributed by atoms with Gasteiger partial charge in [0.2, 0.25) is 5.91 Å². The van der Waals surface area contributed by atoms with E-state index in [1.165, 1.54) is 16.7 Å². The number of thioether (sulfide) groups is 1. The highest BCUT2D eigenvalue weighted by atomic mass is 32.2. The molecule has 10 nitrogen and oxygen atoms in total. The number of carbonyl (C=O) groups is 3. The van der Waals surface area contributed by atoms with Crippen LogP contribution in [0, 0.1) is 0 Å². The van der Waals surface area contributed by atoms with E-state index in [0.717, 1.165) is 16.5 Å². The molecule has 5 N–H and O–H groups in total. The summed E-state index contributed by atoms with van der Waals surface area (Å²) in [5.41, 5.74) is 4.76. The molecule has 0 unspecified atom stereocenters. The quantitative estimate of drug-likeness (QED) is 0.430. The van der Waals surface area contributed by atoms with Gasteiger partial charge < -0.3 is 20.9 Å². The lowest BCUT2D eigenvalue weighted by molar-refractivity contribution is -0.123. The first-order valence-electron chi connectivity index (χ1n) is 9.88. The summed E-state index contributed by atoms with van der Waals surface area (Å²) in [4.78, 5) is 67.9. The van der Waals surface area contributed by atoms with Gasteiger partial charge in [-0.3, -0.25) is 24.2 Å². The average molecular weight is 465 g/mol. The molecule has 11 heteroatoms. The molecule has 1 aliphatic rings. The van der Waals surface area contributed by atoms with Crippen molar-refractivity contribution in [3.05, 3.63) is 92.8 Å². The van der Waals surface area contributed by atoms with E-state index in [4.69, 9.17) is 5.73 Å². The Morgan fingerprint density at radius 3 is 2.39 bits per heavy atom. The Labute approximate surface area is 191 Å². The zero-order valence-corrected chi connectivity index (χ0v) is 17.9. The molecule has 3 amide bonds. The highest BCUT2D eigenvalue weighted by Gasteiger charge is 2.40. The molecule has 0 spiro atoms. The summed E-state index contributed by atoms with van der Waals surface area (Å²) >= 11 is 1.35. The molecule has 0 saturated heterocycles. The van der Waals surface area contributed by atoms with Crippen LogP contribution >= 0.6 is 11.8 Å². The maximum absolute atomic E-state index is 13.7. The van der Waals surface area contributed by atoms with Gasteiger partial charge in [-0.1, -0.05) is 42.5 Å². The molecule has 2 atom stereocenters. The first-order chi connectivity index (χ1) is 15.8. The van der Waals surface area contributed by atoms with Gasteiger partial charge in [-0.2, -0.15) is 0 Å². The minimum absolute atomic E-state index is 0.295. The number of para-hydroxylation sites is 1. The lowest BCUT2D eigenvalue weighted by Gasteiger charge is -2.28. The van der Waals surface area contributed by atoms with Gasteiger partial charge in [-0.05, 0) is 17.7 Å². The van der Waals surface area contributed by atoms with Crippen LogP contribution in [0.5, 0.6) is 0 Å². The Morgan fingerprint density at radius 1 is 1.00 bits per heavy atom. The zero-order valence-electron chi connectivity index (χ0n) is 17.1. The van der Waals surface area contributed by atoms with Crippen LogP contribution < -0.4 is 27.2 Å². The molecule has 0 saturated carbocycles. The predicted molar refractivity (Wildman–Crippen MR) is 122 cm³/mol. The Kier molecular flexibility index (Phi) is 6.13. The second kappa shape index (κ2) is 9.17. The smallest absolute Gasteiger partial charge is 0.326 e. The molecule has 168 valence electrons. The standard InChI is InChI=1S/C22H19N5O5S/c23-16(28)11-27-14-8-4-5-9-15(14)33-19(12-6-2-1-3-7-12)18(21(27)31)26-20(30)13-10-17(29)25-22(32)24-13/h1-10,18-19H,11H2,(H2,23,28)(H,26,30)(H2,24,25,29,32)/t18-,19-/m1/s1. The summed E-state index contributed by atoms with van der Waals surface area (Å²) in [5, 5.41) is 2.07. The van der Waals surface area contributed by atoms with E-state index in [9.17, 15) is 24.0 Å². The van der Waals surface area contributed by atoms with Crippen molar-refractivity contribution in [1.82, 2.24) is 15.3 Å². The number of amides is 3. The van der Waals surface area contributed by atoms with Gasteiger partial charge >= 0.3 is 5.69 Å². The van der Waals surface area contributed by atoms with Crippen molar-refractivity contribution in [3.8, 4) is 0 Å². The lowest BCUT2D eigenvalue weighted by atomic mass is 10.0. The molecule has 1 aliphatic heterocycles. The van der Waals surface area contributed by atoms with E-state index in [1.807, 2.05) is 41.4 Å². The van der Waals surface area contributed by atoms with E-state index in [-0.39, 0.29) is 12.2 Å². The maximum atomic E-state index is 13.7. The van der Waals surface area contributed by atoms with Crippen molar-refractivity contribution >= 4 is 35.2 Å². The van der Waals surface area contributed by atoms with Crippen LogP contribution in [0.4, 0.5) is 5.69 Å². The fourth-order valence-electron chi connectivity index (χ4n) is 3.57. The van der Waals surface area contributed by atoms with Gasteiger partial charge in [-0.15, -0.1) is 11.8 Å². The van der Waals surface area contributed by atoms with Crippen molar-refractivity contribution in [2.45, 2.75) is 16.2 Å².